The van der Waals surface area contributed by atoms with Crippen molar-refractivity contribution in [1.29, 1.82) is 0 Å². The SMILES string of the molecule is NCc1cccc(C2CCN(C(=O)c3cccc(-c4cccc(B(O)OC=O)c4)c3)CC2)c1. The molecule has 0 radical (unpaired) electrons. The second-order valence-electron chi connectivity index (χ2n) is 8.31. The van der Waals surface area contributed by atoms with E-state index in [0.29, 0.717) is 36.6 Å². The predicted octanol–water partition coefficient (Wildman–Crippen LogP) is 2.69. The minimum absolute atomic E-state index is 0.0199. The number of nitrogens with zero attached hydrogens (tertiary/aromatic N) is 1. The highest BCUT2D eigenvalue weighted by atomic mass is 16.5. The van der Waals surface area contributed by atoms with Gasteiger partial charge in [0.25, 0.3) is 12.4 Å². The number of benzene rings is 3. The molecular formula is C26H27BN2O4. The van der Waals surface area contributed by atoms with Crippen LogP contribution in [0.3, 0.4) is 0 Å². The Hall–Kier alpha value is -3.42. The van der Waals surface area contributed by atoms with Crippen molar-refractivity contribution >= 4 is 25.0 Å². The van der Waals surface area contributed by atoms with Crippen molar-refractivity contribution in [3.8, 4) is 11.1 Å². The smallest absolute Gasteiger partial charge is 0.508 e. The molecule has 0 aromatic heterocycles. The van der Waals surface area contributed by atoms with Crippen LogP contribution in [0.25, 0.3) is 11.1 Å². The first kappa shape index (κ1) is 22.8. The normalized spacial score (nSPS) is 14.1. The van der Waals surface area contributed by atoms with E-state index in [4.69, 9.17) is 5.73 Å². The Morgan fingerprint density at radius 1 is 1.03 bits per heavy atom. The summed E-state index contributed by atoms with van der Waals surface area (Å²) in [5, 5.41) is 9.92. The molecule has 1 heterocycles. The van der Waals surface area contributed by atoms with Gasteiger partial charge in [-0.25, -0.2) is 0 Å². The van der Waals surface area contributed by atoms with Gasteiger partial charge in [0.15, 0.2) is 0 Å². The van der Waals surface area contributed by atoms with E-state index in [2.05, 4.69) is 22.9 Å². The summed E-state index contributed by atoms with van der Waals surface area (Å²) in [6.45, 7) is 2.18. The lowest BCUT2D eigenvalue weighted by Gasteiger charge is -2.32. The number of likely N-dealkylation sites (tertiary alicyclic amines) is 1. The van der Waals surface area contributed by atoms with Crippen molar-refractivity contribution in [2.24, 2.45) is 5.73 Å². The van der Waals surface area contributed by atoms with Crippen LogP contribution < -0.4 is 11.2 Å². The molecule has 1 fully saturated rings. The van der Waals surface area contributed by atoms with Crippen molar-refractivity contribution in [1.82, 2.24) is 4.90 Å². The fourth-order valence-electron chi connectivity index (χ4n) is 4.41. The summed E-state index contributed by atoms with van der Waals surface area (Å²) in [6, 6.07) is 23.0. The molecule has 1 saturated heterocycles. The van der Waals surface area contributed by atoms with Gasteiger partial charge < -0.3 is 20.3 Å². The molecule has 0 unspecified atom stereocenters. The Kier molecular flexibility index (Phi) is 7.22. The topological polar surface area (TPSA) is 92.9 Å². The van der Waals surface area contributed by atoms with E-state index in [0.717, 1.165) is 29.5 Å². The number of rotatable bonds is 7. The van der Waals surface area contributed by atoms with Gasteiger partial charge in [-0.15, -0.1) is 0 Å². The monoisotopic (exact) mass is 442 g/mol. The third-order valence-electron chi connectivity index (χ3n) is 6.24. The summed E-state index contributed by atoms with van der Waals surface area (Å²) in [6.07, 6.45) is 1.85. The molecule has 0 spiro atoms. The largest absolute Gasteiger partial charge is 0.561 e. The minimum Gasteiger partial charge on any atom is -0.508 e. The number of piperidine rings is 1. The molecule has 0 aliphatic carbocycles. The molecule has 3 aromatic rings. The Bertz CT molecular complexity index is 1130. The zero-order chi connectivity index (χ0) is 23.2. The Morgan fingerprint density at radius 3 is 2.45 bits per heavy atom. The summed E-state index contributed by atoms with van der Waals surface area (Å²) < 4.78 is 4.62. The van der Waals surface area contributed by atoms with E-state index in [-0.39, 0.29) is 12.4 Å². The van der Waals surface area contributed by atoms with E-state index < -0.39 is 7.12 Å². The summed E-state index contributed by atoms with van der Waals surface area (Å²) in [7, 11) is -1.32. The highest BCUT2D eigenvalue weighted by Crippen LogP contribution is 2.29. The third-order valence-corrected chi connectivity index (χ3v) is 6.24. The van der Waals surface area contributed by atoms with Crippen molar-refractivity contribution in [3.63, 3.8) is 0 Å². The van der Waals surface area contributed by atoms with E-state index in [1.165, 1.54) is 5.56 Å². The molecule has 3 aromatic carbocycles. The van der Waals surface area contributed by atoms with Gasteiger partial charge in [-0.1, -0.05) is 60.7 Å². The molecular weight excluding hydrogens is 415 g/mol. The molecule has 1 aliphatic rings. The molecule has 6 nitrogen and oxygen atoms in total. The zero-order valence-corrected chi connectivity index (χ0v) is 18.4. The van der Waals surface area contributed by atoms with E-state index in [1.807, 2.05) is 41.3 Å². The Balaban J connectivity index is 1.45. The Morgan fingerprint density at radius 2 is 1.73 bits per heavy atom. The highest BCUT2D eigenvalue weighted by molar-refractivity contribution is 6.61. The van der Waals surface area contributed by atoms with E-state index in [1.54, 1.807) is 18.2 Å². The first-order valence-corrected chi connectivity index (χ1v) is 11.1. The van der Waals surface area contributed by atoms with Crippen LogP contribution in [0.1, 0.15) is 40.2 Å². The second-order valence-corrected chi connectivity index (χ2v) is 8.31. The van der Waals surface area contributed by atoms with Crippen molar-refractivity contribution in [2.45, 2.75) is 25.3 Å². The van der Waals surface area contributed by atoms with Crippen LogP contribution in [0, 0.1) is 0 Å². The van der Waals surface area contributed by atoms with Crippen LogP contribution >= 0.6 is 0 Å². The minimum atomic E-state index is -1.32. The van der Waals surface area contributed by atoms with Crippen molar-refractivity contribution < 1.29 is 19.3 Å². The lowest BCUT2D eigenvalue weighted by molar-refractivity contribution is -0.121. The average Bonchev–Trinajstić information content (AvgIpc) is 2.88. The molecule has 3 N–H and O–H groups in total. The quantitative estimate of drug-likeness (QED) is 0.434. The van der Waals surface area contributed by atoms with Crippen LogP contribution in [0.5, 0.6) is 0 Å². The number of hydrogen-bond acceptors (Lipinski definition) is 5. The summed E-state index contributed by atoms with van der Waals surface area (Å²) >= 11 is 0. The van der Waals surface area contributed by atoms with Crippen molar-refractivity contribution in [3.05, 3.63) is 89.5 Å². The van der Waals surface area contributed by atoms with Crippen molar-refractivity contribution in [2.75, 3.05) is 13.1 Å². The van der Waals surface area contributed by atoms with Crippen LogP contribution in [-0.2, 0) is 16.0 Å². The number of amides is 1. The van der Waals surface area contributed by atoms with Crippen LogP contribution in [-0.4, -0.2) is 42.5 Å². The zero-order valence-electron chi connectivity index (χ0n) is 18.4. The molecule has 0 bridgehead atoms. The Labute approximate surface area is 194 Å². The van der Waals surface area contributed by atoms with Gasteiger partial charge in [0, 0.05) is 25.2 Å². The highest BCUT2D eigenvalue weighted by Gasteiger charge is 2.25. The number of nitrogens with two attached hydrogens (primary N) is 1. The van der Waals surface area contributed by atoms with Crippen LogP contribution in [0.2, 0.25) is 0 Å². The summed E-state index contributed by atoms with van der Waals surface area (Å²) in [5.41, 5.74) is 11.0. The standard InChI is InChI=1S/C26H27BN2O4/c28-17-19-4-1-5-21(14-19)20-10-12-29(13-11-20)26(31)24-8-2-6-22(15-24)23-7-3-9-25(16-23)27(32)33-18-30/h1-9,14-16,18,20,32H,10-13,17,28H2. The third kappa shape index (κ3) is 5.33. The summed E-state index contributed by atoms with van der Waals surface area (Å²) in [5.74, 6) is 0.459. The fraction of sp³-hybridized carbons (Fsp3) is 0.231. The van der Waals surface area contributed by atoms with Gasteiger partial charge in [0.05, 0.1) is 0 Å². The maximum Gasteiger partial charge on any atom is 0.561 e. The van der Waals surface area contributed by atoms with Crippen LogP contribution in [0.4, 0.5) is 0 Å². The molecule has 0 atom stereocenters. The van der Waals surface area contributed by atoms with Gasteiger partial charge in [0.2, 0.25) is 0 Å². The van der Waals surface area contributed by atoms with Gasteiger partial charge in [-0.3, -0.25) is 9.59 Å². The van der Waals surface area contributed by atoms with Crippen LogP contribution in [0.15, 0.2) is 72.8 Å². The van der Waals surface area contributed by atoms with E-state index in [9.17, 15) is 14.6 Å². The fourth-order valence-corrected chi connectivity index (χ4v) is 4.41. The van der Waals surface area contributed by atoms with Gasteiger partial charge >= 0.3 is 7.12 Å². The van der Waals surface area contributed by atoms with Gasteiger partial charge in [-0.2, -0.15) is 0 Å². The summed E-state index contributed by atoms with van der Waals surface area (Å²) in [4.78, 5) is 25.6. The molecule has 7 heteroatoms. The maximum atomic E-state index is 13.2. The average molecular weight is 442 g/mol. The first-order chi connectivity index (χ1) is 16.1. The molecule has 1 aliphatic heterocycles. The first-order valence-electron chi connectivity index (χ1n) is 11.1. The molecule has 4 rings (SSSR count). The maximum absolute atomic E-state index is 13.2. The van der Waals surface area contributed by atoms with Gasteiger partial charge in [0.1, 0.15) is 0 Å². The van der Waals surface area contributed by atoms with Gasteiger partial charge in [-0.05, 0) is 58.6 Å². The lowest BCUT2D eigenvalue weighted by Crippen LogP contribution is -2.37. The number of carbonyl (C=O) groups excluding carboxylic acids is 2. The number of carbonyl (C=O) groups is 2. The molecule has 1 amide bonds. The lowest BCUT2D eigenvalue weighted by atomic mass is 9.78. The number of hydrogen-bond donors (Lipinski definition) is 2. The molecule has 33 heavy (non-hydrogen) atoms. The molecule has 0 saturated carbocycles. The van der Waals surface area contributed by atoms with E-state index >= 15 is 0 Å². The second kappa shape index (κ2) is 10.5. The molecule has 168 valence electrons. The predicted molar refractivity (Wildman–Crippen MR) is 129 cm³/mol.